The molecule has 6 heteroatoms. The highest BCUT2D eigenvalue weighted by atomic mass is 16.5. The molecule has 0 saturated carbocycles. The van der Waals surface area contributed by atoms with Crippen molar-refractivity contribution in [2.45, 2.75) is 20.0 Å². The van der Waals surface area contributed by atoms with Crippen molar-refractivity contribution in [2.24, 2.45) is 4.99 Å². The van der Waals surface area contributed by atoms with Crippen molar-refractivity contribution in [3.63, 3.8) is 0 Å². The van der Waals surface area contributed by atoms with E-state index in [9.17, 15) is 4.79 Å². The van der Waals surface area contributed by atoms with Gasteiger partial charge in [0.1, 0.15) is 5.75 Å². The number of nitrogens with one attached hydrogen (secondary N) is 3. The lowest BCUT2D eigenvalue weighted by molar-refractivity contribution is 0.0956. The lowest BCUT2D eigenvalue weighted by atomic mass is 10.1. The van der Waals surface area contributed by atoms with E-state index in [-0.39, 0.29) is 5.91 Å². The number of nitrogens with zero attached hydrogens (tertiary/aromatic N) is 1. The second-order valence-electron chi connectivity index (χ2n) is 5.65. The molecule has 3 N–H and O–H groups in total. The summed E-state index contributed by atoms with van der Waals surface area (Å²) >= 11 is 0. The zero-order chi connectivity index (χ0) is 18.8. The molecule has 0 aromatic heterocycles. The van der Waals surface area contributed by atoms with Crippen LogP contribution in [0.5, 0.6) is 5.75 Å². The second-order valence-corrected chi connectivity index (χ2v) is 5.65. The van der Waals surface area contributed by atoms with Crippen LogP contribution in [0.15, 0.2) is 53.5 Å². The van der Waals surface area contributed by atoms with Crippen LogP contribution in [0.2, 0.25) is 0 Å². The highest BCUT2D eigenvalue weighted by molar-refractivity contribution is 5.94. The molecule has 26 heavy (non-hydrogen) atoms. The number of guanidine groups is 1. The first-order chi connectivity index (χ1) is 12.7. The molecule has 0 radical (unpaired) electrons. The summed E-state index contributed by atoms with van der Waals surface area (Å²) in [5.41, 5.74) is 2.79. The molecule has 0 fully saturated rings. The average molecular weight is 354 g/mol. The third-order valence-electron chi connectivity index (χ3n) is 3.88. The van der Waals surface area contributed by atoms with Gasteiger partial charge in [0.25, 0.3) is 5.91 Å². The molecule has 0 bridgehead atoms. The van der Waals surface area contributed by atoms with Crippen LogP contribution in [0.3, 0.4) is 0 Å². The van der Waals surface area contributed by atoms with Gasteiger partial charge in [-0.2, -0.15) is 0 Å². The first-order valence-electron chi connectivity index (χ1n) is 8.61. The summed E-state index contributed by atoms with van der Waals surface area (Å²) in [7, 11) is 3.39. The summed E-state index contributed by atoms with van der Waals surface area (Å²) < 4.78 is 5.36. The second kappa shape index (κ2) is 10.1. The minimum Gasteiger partial charge on any atom is -0.496 e. The maximum atomic E-state index is 11.8. The fourth-order valence-corrected chi connectivity index (χ4v) is 2.47. The maximum absolute atomic E-state index is 11.8. The van der Waals surface area contributed by atoms with Gasteiger partial charge in [0, 0.05) is 37.8 Å². The normalized spacial score (nSPS) is 11.0. The molecular formula is C20H26N4O2. The van der Waals surface area contributed by atoms with Crippen molar-refractivity contribution in [1.29, 1.82) is 0 Å². The topological polar surface area (TPSA) is 74.8 Å². The van der Waals surface area contributed by atoms with E-state index in [4.69, 9.17) is 4.74 Å². The molecule has 138 valence electrons. The van der Waals surface area contributed by atoms with Crippen LogP contribution in [0, 0.1) is 0 Å². The average Bonchev–Trinajstić information content (AvgIpc) is 2.69. The van der Waals surface area contributed by atoms with E-state index >= 15 is 0 Å². The van der Waals surface area contributed by atoms with Gasteiger partial charge in [-0.05, 0) is 30.7 Å². The van der Waals surface area contributed by atoms with Gasteiger partial charge < -0.3 is 20.7 Å². The van der Waals surface area contributed by atoms with E-state index in [1.54, 1.807) is 14.2 Å². The van der Waals surface area contributed by atoms with Gasteiger partial charge in [-0.3, -0.25) is 9.79 Å². The number of methoxy groups -OCH3 is 1. The number of hydrogen-bond acceptors (Lipinski definition) is 3. The van der Waals surface area contributed by atoms with Crippen molar-refractivity contribution < 1.29 is 9.53 Å². The largest absolute Gasteiger partial charge is 0.496 e. The van der Waals surface area contributed by atoms with Gasteiger partial charge in [-0.15, -0.1) is 0 Å². The Morgan fingerprint density at radius 3 is 2.35 bits per heavy atom. The molecule has 0 aliphatic rings. The molecule has 2 aromatic carbocycles. The molecule has 0 aliphatic carbocycles. The fraction of sp³-hybridized carbons (Fsp3) is 0.300. The molecule has 2 rings (SSSR count). The molecule has 6 nitrogen and oxygen atoms in total. The van der Waals surface area contributed by atoms with Crippen molar-refractivity contribution in [1.82, 2.24) is 16.0 Å². The summed E-state index contributed by atoms with van der Waals surface area (Å²) in [6.45, 7) is 3.75. The van der Waals surface area contributed by atoms with E-state index < -0.39 is 0 Å². The van der Waals surface area contributed by atoms with E-state index in [1.807, 2.05) is 55.5 Å². The molecule has 0 atom stereocenters. The molecule has 0 spiro atoms. The Labute approximate surface area is 154 Å². The number of benzene rings is 2. The number of hydrogen-bond donors (Lipinski definition) is 3. The minimum absolute atomic E-state index is 0.0544. The van der Waals surface area contributed by atoms with E-state index in [2.05, 4.69) is 20.9 Å². The Balaban J connectivity index is 1.88. The Morgan fingerprint density at radius 2 is 1.69 bits per heavy atom. The van der Waals surface area contributed by atoms with Crippen molar-refractivity contribution in [3.05, 3.63) is 65.2 Å². The molecule has 0 saturated heterocycles. The Morgan fingerprint density at radius 1 is 1.00 bits per heavy atom. The SMILES string of the molecule is CCNC(=O)c1ccc(CNC(=NC)NCc2ccccc2OC)cc1. The maximum Gasteiger partial charge on any atom is 0.251 e. The van der Waals surface area contributed by atoms with E-state index in [0.29, 0.717) is 31.2 Å². The number of carbonyl (C=O) groups is 1. The van der Waals surface area contributed by atoms with Gasteiger partial charge >= 0.3 is 0 Å². The fourth-order valence-electron chi connectivity index (χ4n) is 2.47. The summed E-state index contributed by atoms with van der Waals surface area (Å²) in [6, 6.07) is 15.4. The van der Waals surface area contributed by atoms with Crippen LogP contribution in [0.4, 0.5) is 0 Å². The van der Waals surface area contributed by atoms with Crippen molar-refractivity contribution in [2.75, 3.05) is 20.7 Å². The van der Waals surface area contributed by atoms with Gasteiger partial charge in [0.05, 0.1) is 7.11 Å². The zero-order valence-electron chi connectivity index (χ0n) is 15.5. The smallest absolute Gasteiger partial charge is 0.251 e. The number of aliphatic imine (C=N–C) groups is 1. The number of amides is 1. The van der Waals surface area contributed by atoms with Crippen LogP contribution < -0.4 is 20.7 Å². The van der Waals surface area contributed by atoms with Crippen LogP contribution in [0.25, 0.3) is 0 Å². The van der Waals surface area contributed by atoms with Gasteiger partial charge in [-0.25, -0.2) is 0 Å². The van der Waals surface area contributed by atoms with Gasteiger partial charge in [0.15, 0.2) is 5.96 Å². The molecule has 2 aromatic rings. The summed E-state index contributed by atoms with van der Waals surface area (Å²) in [5, 5.41) is 9.32. The third kappa shape index (κ3) is 5.51. The molecule has 0 heterocycles. The predicted octanol–water partition coefficient (Wildman–Crippen LogP) is 2.31. The molecule has 0 unspecified atom stereocenters. The number of para-hydroxylation sites is 1. The molecular weight excluding hydrogens is 328 g/mol. The Kier molecular flexibility index (Phi) is 7.49. The Hall–Kier alpha value is -3.02. The Bertz CT molecular complexity index is 742. The number of rotatable bonds is 7. The zero-order valence-corrected chi connectivity index (χ0v) is 15.5. The molecule has 0 aliphatic heterocycles. The first-order valence-corrected chi connectivity index (χ1v) is 8.61. The van der Waals surface area contributed by atoms with Crippen LogP contribution >= 0.6 is 0 Å². The standard InChI is InChI=1S/C20H26N4O2/c1-4-22-19(25)16-11-9-15(10-12-16)13-23-20(21-2)24-14-17-7-5-6-8-18(17)26-3/h5-12H,4,13-14H2,1-3H3,(H,22,25)(H2,21,23,24). The quantitative estimate of drug-likeness (QED) is 0.527. The van der Waals surface area contributed by atoms with E-state index in [0.717, 1.165) is 16.9 Å². The lowest BCUT2D eigenvalue weighted by Crippen LogP contribution is -2.36. The summed E-state index contributed by atoms with van der Waals surface area (Å²) in [4.78, 5) is 16.0. The third-order valence-corrected chi connectivity index (χ3v) is 3.88. The highest BCUT2D eigenvalue weighted by Gasteiger charge is 2.05. The minimum atomic E-state index is -0.0544. The first kappa shape index (κ1) is 19.3. The van der Waals surface area contributed by atoms with Crippen LogP contribution in [-0.2, 0) is 13.1 Å². The molecule has 1 amide bonds. The summed E-state index contributed by atoms with van der Waals surface area (Å²) in [6.07, 6.45) is 0. The van der Waals surface area contributed by atoms with Gasteiger partial charge in [-0.1, -0.05) is 30.3 Å². The number of ether oxygens (including phenoxy) is 1. The predicted molar refractivity (Wildman–Crippen MR) is 104 cm³/mol. The summed E-state index contributed by atoms with van der Waals surface area (Å²) in [5.74, 6) is 1.49. The van der Waals surface area contributed by atoms with Crippen molar-refractivity contribution in [3.8, 4) is 5.75 Å². The highest BCUT2D eigenvalue weighted by Crippen LogP contribution is 2.16. The van der Waals surface area contributed by atoms with Gasteiger partial charge in [0.2, 0.25) is 0 Å². The van der Waals surface area contributed by atoms with Crippen LogP contribution in [0.1, 0.15) is 28.4 Å². The number of carbonyl (C=O) groups excluding carboxylic acids is 1. The monoisotopic (exact) mass is 354 g/mol. The van der Waals surface area contributed by atoms with E-state index in [1.165, 1.54) is 0 Å². The van der Waals surface area contributed by atoms with Crippen LogP contribution in [-0.4, -0.2) is 32.6 Å². The lowest BCUT2D eigenvalue weighted by Gasteiger charge is -2.14. The van der Waals surface area contributed by atoms with Crippen molar-refractivity contribution >= 4 is 11.9 Å².